The van der Waals surface area contributed by atoms with E-state index in [9.17, 15) is 10.2 Å². The van der Waals surface area contributed by atoms with Crippen LogP contribution in [0.3, 0.4) is 0 Å². The fraction of sp³-hybridized carbons (Fsp3) is 0.826. The third kappa shape index (κ3) is 2.86. The van der Waals surface area contributed by atoms with Gasteiger partial charge in [0.05, 0.1) is 12.6 Å². The number of aliphatic hydroxyl groups is 2. The van der Waals surface area contributed by atoms with E-state index in [1.807, 2.05) is 14.1 Å². The van der Waals surface area contributed by atoms with Crippen molar-refractivity contribution in [2.24, 2.45) is 29.1 Å². The summed E-state index contributed by atoms with van der Waals surface area (Å²) in [4.78, 5) is 2.06. The molecule has 7 atom stereocenters. The van der Waals surface area contributed by atoms with Crippen LogP contribution in [0.1, 0.15) is 58.3 Å². The minimum Gasteiger partial charge on any atom is -0.389 e. The number of rotatable bonds is 1. The lowest BCUT2D eigenvalue weighted by Gasteiger charge is -2.55. The highest BCUT2D eigenvalue weighted by Gasteiger charge is 2.61. The molecule has 7 unspecified atom stereocenters. The zero-order valence-corrected chi connectivity index (χ0v) is 16.7. The lowest BCUT2D eigenvalue weighted by Crippen LogP contribution is -2.52. The zero-order chi connectivity index (χ0) is 18.5. The van der Waals surface area contributed by atoms with Crippen LogP contribution >= 0.6 is 0 Å². The van der Waals surface area contributed by atoms with Crippen molar-refractivity contribution in [3.63, 3.8) is 0 Å². The van der Waals surface area contributed by atoms with Gasteiger partial charge in [0.2, 0.25) is 0 Å². The van der Waals surface area contributed by atoms with Crippen molar-refractivity contribution in [2.45, 2.75) is 70.0 Å². The van der Waals surface area contributed by atoms with Crippen LogP contribution in [-0.2, 0) is 0 Å². The number of aliphatic hydroxyl groups excluding tert-OH is 1. The standard InChI is InChI=1S/C23H35NO2/c1-22-12-9-19-18-8-6-17(25)15-16(18)5-7-20(19)21(22)10-13-23(22,26)11-4-14-24(2)3/h15,17-21,25-26H,5-10,12-14H2,1-3H3. The van der Waals surface area contributed by atoms with E-state index >= 15 is 0 Å². The van der Waals surface area contributed by atoms with Gasteiger partial charge >= 0.3 is 0 Å². The Morgan fingerprint density at radius 2 is 1.92 bits per heavy atom. The van der Waals surface area contributed by atoms with Gasteiger partial charge in [0.1, 0.15) is 5.60 Å². The highest BCUT2D eigenvalue weighted by Crippen LogP contribution is 2.64. The molecule has 0 bridgehead atoms. The fourth-order valence-electron chi connectivity index (χ4n) is 6.88. The summed E-state index contributed by atoms with van der Waals surface area (Å²) in [6, 6.07) is 0. The quantitative estimate of drug-likeness (QED) is 0.559. The Morgan fingerprint density at radius 1 is 1.12 bits per heavy atom. The Morgan fingerprint density at radius 3 is 2.69 bits per heavy atom. The van der Waals surface area contributed by atoms with Crippen molar-refractivity contribution in [3.8, 4) is 11.8 Å². The molecule has 0 heterocycles. The van der Waals surface area contributed by atoms with Gasteiger partial charge in [-0.2, -0.15) is 0 Å². The normalized spacial score (nSPS) is 47.3. The Kier molecular flexibility index (Phi) is 4.75. The van der Waals surface area contributed by atoms with Crippen LogP contribution in [0.25, 0.3) is 0 Å². The number of hydrogen-bond donors (Lipinski definition) is 2. The van der Waals surface area contributed by atoms with Crippen LogP contribution in [0.15, 0.2) is 11.6 Å². The SMILES string of the molecule is CN(C)CC#CC1(O)CCC2C3CCC4=CC(O)CCC4C3CCC21C. The molecule has 0 aliphatic heterocycles. The Labute approximate surface area is 158 Å². The molecule has 0 amide bonds. The minimum atomic E-state index is -0.808. The summed E-state index contributed by atoms with van der Waals surface area (Å²) in [5.74, 6) is 9.33. The lowest BCUT2D eigenvalue weighted by atomic mass is 9.50. The smallest absolute Gasteiger partial charge is 0.131 e. The highest BCUT2D eigenvalue weighted by atomic mass is 16.3. The van der Waals surface area contributed by atoms with Gasteiger partial charge in [0.15, 0.2) is 0 Å². The topological polar surface area (TPSA) is 43.7 Å². The maximum atomic E-state index is 11.5. The van der Waals surface area contributed by atoms with Crippen molar-refractivity contribution in [1.82, 2.24) is 4.90 Å². The second-order valence-electron chi connectivity index (χ2n) is 9.86. The van der Waals surface area contributed by atoms with Gasteiger partial charge in [-0.1, -0.05) is 30.4 Å². The van der Waals surface area contributed by atoms with E-state index in [0.29, 0.717) is 18.4 Å². The maximum Gasteiger partial charge on any atom is 0.131 e. The van der Waals surface area contributed by atoms with E-state index in [0.717, 1.165) is 50.4 Å². The molecule has 4 rings (SSSR count). The third-order valence-corrected chi connectivity index (χ3v) is 8.27. The number of nitrogens with zero attached hydrogens (tertiary/aromatic N) is 1. The molecule has 0 saturated heterocycles. The zero-order valence-electron chi connectivity index (χ0n) is 16.7. The number of allylic oxidation sites excluding steroid dienone is 1. The van der Waals surface area contributed by atoms with Crippen molar-refractivity contribution in [1.29, 1.82) is 0 Å². The van der Waals surface area contributed by atoms with Crippen molar-refractivity contribution < 1.29 is 10.2 Å². The molecule has 3 nitrogen and oxygen atoms in total. The van der Waals surface area contributed by atoms with Gasteiger partial charge in [0, 0.05) is 5.41 Å². The molecule has 0 aromatic heterocycles. The van der Waals surface area contributed by atoms with Gasteiger partial charge in [0.25, 0.3) is 0 Å². The third-order valence-electron chi connectivity index (χ3n) is 8.27. The summed E-state index contributed by atoms with van der Waals surface area (Å²) in [6.45, 7) is 3.04. The van der Waals surface area contributed by atoms with Gasteiger partial charge < -0.3 is 10.2 Å². The fourth-order valence-corrected chi connectivity index (χ4v) is 6.88. The summed E-state index contributed by atoms with van der Waals surface area (Å²) in [5, 5.41) is 21.5. The predicted octanol–water partition coefficient (Wildman–Crippen LogP) is 3.22. The van der Waals surface area contributed by atoms with Gasteiger partial charge in [-0.15, -0.1) is 0 Å². The van der Waals surface area contributed by atoms with Crippen LogP contribution in [0, 0.1) is 40.9 Å². The first kappa shape index (κ1) is 18.5. The summed E-state index contributed by atoms with van der Waals surface area (Å²) in [5.41, 5.74) is 0.674. The largest absolute Gasteiger partial charge is 0.389 e. The first-order chi connectivity index (χ1) is 12.3. The summed E-state index contributed by atoms with van der Waals surface area (Å²) in [7, 11) is 4.05. The number of fused-ring (bicyclic) bond motifs is 5. The maximum absolute atomic E-state index is 11.5. The van der Waals surface area contributed by atoms with Gasteiger partial charge in [-0.25, -0.2) is 0 Å². The predicted molar refractivity (Wildman–Crippen MR) is 104 cm³/mol. The molecule has 4 aliphatic rings. The lowest BCUT2D eigenvalue weighted by molar-refractivity contribution is -0.0866. The van der Waals surface area contributed by atoms with E-state index in [1.54, 1.807) is 0 Å². The van der Waals surface area contributed by atoms with E-state index < -0.39 is 5.60 Å². The molecule has 3 heteroatoms. The molecule has 3 fully saturated rings. The first-order valence-electron chi connectivity index (χ1n) is 10.6. The summed E-state index contributed by atoms with van der Waals surface area (Å²) < 4.78 is 0. The van der Waals surface area contributed by atoms with Gasteiger partial charge in [-0.05, 0) is 89.1 Å². The van der Waals surface area contributed by atoms with Crippen LogP contribution in [0.2, 0.25) is 0 Å². The molecule has 26 heavy (non-hydrogen) atoms. The molecule has 4 aliphatic carbocycles. The molecule has 2 N–H and O–H groups in total. The second-order valence-corrected chi connectivity index (χ2v) is 9.86. The molecule has 144 valence electrons. The van der Waals surface area contributed by atoms with Crippen LogP contribution in [0.5, 0.6) is 0 Å². The average molecular weight is 358 g/mol. The van der Waals surface area contributed by atoms with Crippen molar-refractivity contribution in [3.05, 3.63) is 11.6 Å². The molecular weight excluding hydrogens is 322 g/mol. The molecule has 0 spiro atoms. The first-order valence-corrected chi connectivity index (χ1v) is 10.6. The minimum absolute atomic E-state index is 0.0527. The van der Waals surface area contributed by atoms with E-state index in [-0.39, 0.29) is 11.5 Å². The monoisotopic (exact) mass is 357 g/mol. The Bertz CT molecular complexity index is 644. The number of hydrogen-bond acceptors (Lipinski definition) is 3. The molecule has 3 saturated carbocycles. The molecule has 0 aromatic carbocycles. The second kappa shape index (κ2) is 6.66. The van der Waals surface area contributed by atoms with Crippen LogP contribution in [0.4, 0.5) is 0 Å². The van der Waals surface area contributed by atoms with Crippen molar-refractivity contribution in [2.75, 3.05) is 20.6 Å². The highest BCUT2D eigenvalue weighted by molar-refractivity contribution is 5.27. The molecular formula is C23H35NO2. The van der Waals surface area contributed by atoms with Crippen LogP contribution < -0.4 is 0 Å². The molecule has 0 aromatic rings. The Balaban J connectivity index is 1.57. The van der Waals surface area contributed by atoms with E-state index in [4.69, 9.17) is 0 Å². The summed E-state index contributed by atoms with van der Waals surface area (Å²) in [6.07, 6.45) is 10.7. The van der Waals surface area contributed by atoms with Crippen LogP contribution in [-0.4, -0.2) is 47.5 Å². The van der Waals surface area contributed by atoms with E-state index in [2.05, 4.69) is 29.7 Å². The average Bonchev–Trinajstić information content (AvgIpc) is 2.85. The van der Waals surface area contributed by atoms with Crippen molar-refractivity contribution >= 4 is 0 Å². The summed E-state index contributed by atoms with van der Waals surface area (Å²) >= 11 is 0. The Hall–Kier alpha value is -0.820. The van der Waals surface area contributed by atoms with Gasteiger partial charge in [-0.3, -0.25) is 4.90 Å². The molecule has 0 radical (unpaired) electrons. The van der Waals surface area contributed by atoms with E-state index in [1.165, 1.54) is 18.4 Å².